The molecule has 1 aromatic rings. The Balaban J connectivity index is 2.20. The Hall–Kier alpha value is -0.890. The molecule has 2 heteroatoms. The van der Waals surface area contributed by atoms with Crippen LogP contribution in [0.25, 0.3) is 0 Å². The van der Waals surface area contributed by atoms with E-state index in [0.717, 1.165) is 6.42 Å². The van der Waals surface area contributed by atoms with E-state index in [-0.39, 0.29) is 6.04 Å². The lowest BCUT2D eigenvalue weighted by molar-refractivity contribution is 0.263. The minimum Gasteiger partial charge on any atom is -0.324 e. The molecule has 0 bridgehead atoms. The maximum atomic E-state index is 6.25. The van der Waals surface area contributed by atoms with Gasteiger partial charge in [0.2, 0.25) is 0 Å². The van der Waals surface area contributed by atoms with Gasteiger partial charge in [0, 0.05) is 18.4 Å². The number of nitrogens with two attached hydrogens (primary N) is 1. The molecular formula is C12H18N2. The van der Waals surface area contributed by atoms with Crippen LogP contribution in [-0.2, 0) is 6.42 Å². The fourth-order valence-electron chi connectivity index (χ4n) is 2.11. The number of aromatic nitrogens is 1. The van der Waals surface area contributed by atoms with Gasteiger partial charge in [-0.15, -0.1) is 0 Å². The van der Waals surface area contributed by atoms with E-state index >= 15 is 0 Å². The average molecular weight is 190 g/mol. The molecule has 76 valence electrons. The van der Waals surface area contributed by atoms with Crippen LogP contribution in [0.4, 0.5) is 0 Å². The monoisotopic (exact) mass is 190 g/mol. The molecule has 1 unspecified atom stereocenters. The van der Waals surface area contributed by atoms with E-state index in [1.807, 2.05) is 12.4 Å². The molecule has 14 heavy (non-hydrogen) atoms. The summed E-state index contributed by atoms with van der Waals surface area (Å²) in [6.45, 7) is 2.16. The van der Waals surface area contributed by atoms with Crippen molar-refractivity contribution in [3.05, 3.63) is 29.6 Å². The predicted molar refractivity (Wildman–Crippen MR) is 57.9 cm³/mol. The number of hydrogen-bond donors (Lipinski definition) is 1. The molecule has 1 fully saturated rings. The summed E-state index contributed by atoms with van der Waals surface area (Å²) in [4.78, 5) is 4.15. The molecule has 1 saturated carbocycles. The zero-order valence-electron chi connectivity index (χ0n) is 8.74. The van der Waals surface area contributed by atoms with Crippen molar-refractivity contribution in [1.29, 1.82) is 0 Å². The quantitative estimate of drug-likeness (QED) is 0.795. The largest absolute Gasteiger partial charge is 0.324 e. The second-order valence-corrected chi connectivity index (χ2v) is 4.14. The molecule has 0 saturated heterocycles. The van der Waals surface area contributed by atoms with Crippen LogP contribution in [-0.4, -0.2) is 4.98 Å². The molecule has 0 spiro atoms. The van der Waals surface area contributed by atoms with Crippen molar-refractivity contribution in [3.63, 3.8) is 0 Å². The van der Waals surface area contributed by atoms with E-state index in [0.29, 0.717) is 5.92 Å². The summed E-state index contributed by atoms with van der Waals surface area (Å²) in [5, 5.41) is 0. The SMILES string of the molecule is CCc1cnccc1C(N)C1CCC1. The highest BCUT2D eigenvalue weighted by molar-refractivity contribution is 5.27. The minimum absolute atomic E-state index is 0.238. The van der Waals surface area contributed by atoms with Gasteiger partial charge in [0.1, 0.15) is 0 Å². The summed E-state index contributed by atoms with van der Waals surface area (Å²) in [5.74, 6) is 0.711. The summed E-state index contributed by atoms with van der Waals surface area (Å²) in [7, 11) is 0. The predicted octanol–water partition coefficient (Wildman–Crippen LogP) is 2.44. The normalized spacial score (nSPS) is 19.0. The fraction of sp³-hybridized carbons (Fsp3) is 0.583. The van der Waals surface area contributed by atoms with Crippen LogP contribution in [0.3, 0.4) is 0 Å². The summed E-state index contributed by atoms with van der Waals surface area (Å²) < 4.78 is 0. The lowest BCUT2D eigenvalue weighted by atomic mass is 9.77. The summed E-state index contributed by atoms with van der Waals surface area (Å²) in [6, 6.07) is 2.32. The maximum absolute atomic E-state index is 6.25. The third-order valence-electron chi connectivity index (χ3n) is 3.34. The highest BCUT2D eigenvalue weighted by Gasteiger charge is 2.26. The second-order valence-electron chi connectivity index (χ2n) is 4.14. The number of hydrogen-bond acceptors (Lipinski definition) is 2. The first-order chi connectivity index (χ1) is 6.83. The number of nitrogens with zero attached hydrogens (tertiary/aromatic N) is 1. The average Bonchev–Trinajstić information content (AvgIpc) is 2.15. The van der Waals surface area contributed by atoms with Gasteiger partial charge in [0.05, 0.1) is 0 Å². The molecule has 0 radical (unpaired) electrons. The lowest BCUT2D eigenvalue weighted by Crippen LogP contribution is -2.27. The third-order valence-corrected chi connectivity index (χ3v) is 3.34. The van der Waals surface area contributed by atoms with Crippen molar-refractivity contribution in [3.8, 4) is 0 Å². The van der Waals surface area contributed by atoms with Crippen molar-refractivity contribution in [2.45, 2.75) is 38.6 Å². The topological polar surface area (TPSA) is 38.9 Å². The summed E-state index contributed by atoms with van der Waals surface area (Å²) in [6.07, 6.45) is 8.79. The van der Waals surface area contributed by atoms with Gasteiger partial charge in [-0.3, -0.25) is 4.98 Å². The summed E-state index contributed by atoms with van der Waals surface area (Å²) in [5.41, 5.74) is 8.87. The Morgan fingerprint density at radius 1 is 1.57 bits per heavy atom. The molecule has 1 aliphatic rings. The third kappa shape index (κ3) is 1.67. The van der Waals surface area contributed by atoms with E-state index in [9.17, 15) is 0 Å². The van der Waals surface area contributed by atoms with Crippen LogP contribution in [0.1, 0.15) is 43.4 Å². The Kier molecular flexibility index (Phi) is 2.82. The molecule has 2 rings (SSSR count). The van der Waals surface area contributed by atoms with Crippen molar-refractivity contribution >= 4 is 0 Å². The van der Waals surface area contributed by atoms with Gasteiger partial charge >= 0.3 is 0 Å². The number of pyridine rings is 1. The first-order valence-corrected chi connectivity index (χ1v) is 5.51. The van der Waals surface area contributed by atoms with Crippen molar-refractivity contribution in [1.82, 2.24) is 4.98 Å². The van der Waals surface area contributed by atoms with Crippen LogP contribution in [0.2, 0.25) is 0 Å². The zero-order chi connectivity index (χ0) is 9.97. The van der Waals surface area contributed by atoms with E-state index in [2.05, 4.69) is 18.0 Å². The smallest absolute Gasteiger partial charge is 0.0327 e. The van der Waals surface area contributed by atoms with E-state index in [1.54, 1.807) is 0 Å². The molecule has 1 heterocycles. The minimum atomic E-state index is 0.238. The van der Waals surface area contributed by atoms with Gasteiger partial charge in [0.25, 0.3) is 0 Å². The fourth-order valence-corrected chi connectivity index (χ4v) is 2.11. The van der Waals surface area contributed by atoms with Crippen LogP contribution in [0, 0.1) is 5.92 Å². The number of rotatable bonds is 3. The Morgan fingerprint density at radius 3 is 2.93 bits per heavy atom. The van der Waals surface area contributed by atoms with Gasteiger partial charge in [-0.2, -0.15) is 0 Å². The van der Waals surface area contributed by atoms with Gasteiger partial charge < -0.3 is 5.73 Å². The second kappa shape index (κ2) is 4.09. The molecule has 1 aromatic heterocycles. The molecular weight excluding hydrogens is 172 g/mol. The van der Waals surface area contributed by atoms with Crippen molar-refractivity contribution in [2.75, 3.05) is 0 Å². The van der Waals surface area contributed by atoms with E-state index < -0.39 is 0 Å². The van der Waals surface area contributed by atoms with Gasteiger partial charge in [-0.1, -0.05) is 13.3 Å². The van der Waals surface area contributed by atoms with Gasteiger partial charge in [0.15, 0.2) is 0 Å². The Bertz CT molecular complexity index is 305. The molecule has 1 atom stereocenters. The van der Waals surface area contributed by atoms with Gasteiger partial charge in [-0.05, 0) is 42.4 Å². The highest BCUT2D eigenvalue weighted by atomic mass is 14.7. The molecule has 0 aromatic carbocycles. The molecule has 2 nitrogen and oxygen atoms in total. The van der Waals surface area contributed by atoms with Crippen molar-refractivity contribution in [2.24, 2.45) is 11.7 Å². The number of aryl methyl sites for hydroxylation is 1. The first-order valence-electron chi connectivity index (χ1n) is 5.51. The zero-order valence-corrected chi connectivity index (χ0v) is 8.74. The summed E-state index contributed by atoms with van der Waals surface area (Å²) >= 11 is 0. The Morgan fingerprint density at radius 2 is 2.36 bits per heavy atom. The maximum Gasteiger partial charge on any atom is 0.0327 e. The van der Waals surface area contributed by atoms with Crippen LogP contribution >= 0.6 is 0 Å². The van der Waals surface area contributed by atoms with E-state index in [1.165, 1.54) is 30.4 Å². The van der Waals surface area contributed by atoms with Crippen LogP contribution in [0.5, 0.6) is 0 Å². The van der Waals surface area contributed by atoms with E-state index in [4.69, 9.17) is 5.73 Å². The highest BCUT2D eigenvalue weighted by Crippen LogP contribution is 2.36. The molecule has 0 aliphatic heterocycles. The molecule has 2 N–H and O–H groups in total. The first kappa shape index (κ1) is 9.66. The Labute approximate surface area is 85.5 Å². The van der Waals surface area contributed by atoms with Gasteiger partial charge in [-0.25, -0.2) is 0 Å². The van der Waals surface area contributed by atoms with Crippen molar-refractivity contribution < 1.29 is 0 Å². The lowest BCUT2D eigenvalue weighted by Gasteiger charge is -2.32. The standard InChI is InChI=1S/C12H18N2/c1-2-9-8-14-7-6-11(9)12(13)10-4-3-5-10/h6-8,10,12H,2-5,13H2,1H3. The molecule has 0 amide bonds. The van der Waals surface area contributed by atoms with Crippen LogP contribution in [0.15, 0.2) is 18.5 Å². The van der Waals surface area contributed by atoms with Crippen LogP contribution < -0.4 is 5.73 Å². The molecule has 1 aliphatic carbocycles.